The van der Waals surface area contributed by atoms with Gasteiger partial charge in [0.05, 0.1) is 11.5 Å². The molecule has 0 aromatic heterocycles. The molecular formula is C10H21NO3S. The Morgan fingerprint density at radius 3 is 2.53 bits per heavy atom. The highest BCUT2D eigenvalue weighted by Gasteiger charge is 2.29. The lowest BCUT2D eigenvalue weighted by Gasteiger charge is -2.25. The third-order valence-corrected chi connectivity index (χ3v) is 4.70. The summed E-state index contributed by atoms with van der Waals surface area (Å²) in [5.41, 5.74) is 0. The number of aliphatic hydroxyl groups excluding tert-OH is 1. The molecule has 4 nitrogen and oxygen atoms in total. The Hall–Kier alpha value is -0.130. The topological polar surface area (TPSA) is 66.4 Å². The highest BCUT2D eigenvalue weighted by molar-refractivity contribution is 7.91. The van der Waals surface area contributed by atoms with Crippen molar-refractivity contribution in [3.8, 4) is 0 Å². The number of sulfone groups is 1. The fourth-order valence-electron chi connectivity index (χ4n) is 1.98. The molecule has 0 spiro atoms. The Labute approximate surface area is 92.0 Å². The van der Waals surface area contributed by atoms with Gasteiger partial charge in [-0.1, -0.05) is 13.8 Å². The van der Waals surface area contributed by atoms with Crippen LogP contribution >= 0.6 is 0 Å². The van der Waals surface area contributed by atoms with Gasteiger partial charge in [-0.3, -0.25) is 0 Å². The van der Waals surface area contributed by atoms with E-state index in [0.29, 0.717) is 24.5 Å². The number of aliphatic hydroxyl groups is 1. The van der Waals surface area contributed by atoms with Crippen molar-refractivity contribution in [2.24, 2.45) is 5.92 Å². The molecule has 90 valence electrons. The normalized spacial score (nSPS) is 27.1. The Kier molecular flexibility index (Phi) is 4.55. The predicted molar refractivity (Wildman–Crippen MR) is 60.5 cm³/mol. The van der Waals surface area contributed by atoms with Gasteiger partial charge in [0.2, 0.25) is 0 Å². The lowest BCUT2D eigenvalue weighted by atomic mass is 10.00. The van der Waals surface area contributed by atoms with Crippen LogP contribution in [0.5, 0.6) is 0 Å². The summed E-state index contributed by atoms with van der Waals surface area (Å²) < 4.78 is 22.5. The first kappa shape index (κ1) is 12.9. The maximum atomic E-state index is 11.3. The van der Waals surface area contributed by atoms with E-state index in [4.69, 9.17) is 5.11 Å². The molecule has 2 unspecified atom stereocenters. The lowest BCUT2D eigenvalue weighted by Crippen LogP contribution is -2.42. The van der Waals surface area contributed by atoms with Gasteiger partial charge in [-0.2, -0.15) is 0 Å². The van der Waals surface area contributed by atoms with Gasteiger partial charge in [-0.05, 0) is 18.8 Å². The molecule has 1 fully saturated rings. The quantitative estimate of drug-likeness (QED) is 0.713. The second kappa shape index (κ2) is 5.27. The number of hydrogen-bond donors (Lipinski definition) is 2. The van der Waals surface area contributed by atoms with Gasteiger partial charge in [-0.15, -0.1) is 0 Å². The molecule has 0 radical (unpaired) electrons. The van der Waals surface area contributed by atoms with E-state index < -0.39 is 9.84 Å². The van der Waals surface area contributed by atoms with Gasteiger partial charge in [0, 0.05) is 18.7 Å². The zero-order chi connectivity index (χ0) is 11.5. The van der Waals surface area contributed by atoms with Gasteiger partial charge >= 0.3 is 0 Å². The third-order valence-electron chi connectivity index (χ3n) is 2.93. The Morgan fingerprint density at radius 1 is 1.47 bits per heavy atom. The van der Waals surface area contributed by atoms with Crippen LogP contribution in [0.3, 0.4) is 0 Å². The van der Waals surface area contributed by atoms with Crippen molar-refractivity contribution >= 4 is 9.84 Å². The van der Waals surface area contributed by atoms with Crippen LogP contribution in [0.15, 0.2) is 0 Å². The third kappa shape index (κ3) is 4.09. The minimum Gasteiger partial charge on any atom is -0.396 e. The largest absolute Gasteiger partial charge is 0.396 e. The van der Waals surface area contributed by atoms with Crippen LogP contribution in [0.4, 0.5) is 0 Å². The SMILES string of the molecule is CC(C)C(CCO)NC1CCS(=O)(=O)C1. The second-order valence-corrected chi connectivity index (χ2v) is 6.86. The highest BCUT2D eigenvalue weighted by Crippen LogP contribution is 2.15. The zero-order valence-electron chi connectivity index (χ0n) is 9.44. The summed E-state index contributed by atoms with van der Waals surface area (Å²) in [4.78, 5) is 0. The fourth-order valence-corrected chi connectivity index (χ4v) is 3.66. The molecule has 0 amide bonds. The van der Waals surface area contributed by atoms with Gasteiger partial charge in [-0.25, -0.2) is 8.42 Å². The average Bonchev–Trinajstić information content (AvgIpc) is 2.44. The molecule has 0 aliphatic carbocycles. The minimum absolute atomic E-state index is 0.0777. The zero-order valence-corrected chi connectivity index (χ0v) is 10.3. The van der Waals surface area contributed by atoms with E-state index in [1.165, 1.54) is 0 Å². The van der Waals surface area contributed by atoms with Crippen molar-refractivity contribution in [3.63, 3.8) is 0 Å². The van der Waals surface area contributed by atoms with E-state index in [0.717, 1.165) is 0 Å². The van der Waals surface area contributed by atoms with Crippen LogP contribution in [-0.2, 0) is 9.84 Å². The highest BCUT2D eigenvalue weighted by atomic mass is 32.2. The molecule has 0 saturated carbocycles. The summed E-state index contributed by atoms with van der Waals surface area (Å²) in [6.07, 6.45) is 1.39. The van der Waals surface area contributed by atoms with Crippen molar-refractivity contribution in [2.45, 2.75) is 38.8 Å². The van der Waals surface area contributed by atoms with Gasteiger partial charge in [0.25, 0.3) is 0 Å². The van der Waals surface area contributed by atoms with Gasteiger partial charge in [0.15, 0.2) is 9.84 Å². The smallest absolute Gasteiger partial charge is 0.151 e. The molecule has 5 heteroatoms. The molecule has 1 rings (SSSR count). The standard InChI is InChI=1S/C10H21NO3S/c1-8(2)10(3-5-12)11-9-4-6-15(13,14)7-9/h8-12H,3-7H2,1-2H3. The van der Waals surface area contributed by atoms with E-state index in [9.17, 15) is 8.42 Å². The molecule has 1 heterocycles. The Bertz CT molecular complexity index is 287. The van der Waals surface area contributed by atoms with Crippen molar-refractivity contribution < 1.29 is 13.5 Å². The maximum absolute atomic E-state index is 11.3. The van der Waals surface area contributed by atoms with Crippen LogP contribution in [0.2, 0.25) is 0 Å². The lowest BCUT2D eigenvalue weighted by molar-refractivity contribution is 0.237. The van der Waals surface area contributed by atoms with Crippen LogP contribution in [-0.4, -0.2) is 43.7 Å². The average molecular weight is 235 g/mol. The monoisotopic (exact) mass is 235 g/mol. The fraction of sp³-hybridized carbons (Fsp3) is 1.00. The van der Waals surface area contributed by atoms with Gasteiger partial charge < -0.3 is 10.4 Å². The molecule has 0 aromatic carbocycles. The molecule has 1 aliphatic heterocycles. The molecule has 2 N–H and O–H groups in total. The van der Waals surface area contributed by atoms with Crippen LogP contribution in [0, 0.1) is 5.92 Å². The van der Waals surface area contributed by atoms with Crippen LogP contribution in [0.25, 0.3) is 0 Å². The summed E-state index contributed by atoms with van der Waals surface area (Å²) in [5, 5.41) is 12.2. The molecule has 0 bridgehead atoms. The number of rotatable bonds is 5. The van der Waals surface area contributed by atoms with Crippen LogP contribution < -0.4 is 5.32 Å². The molecule has 2 atom stereocenters. The summed E-state index contributed by atoms with van der Waals surface area (Å²) in [7, 11) is -2.81. The van der Waals surface area contributed by atoms with Crippen molar-refractivity contribution in [2.75, 3.05) is 18.1 Å². The molecule has 0 aromatic rings. The van der Waals surface area contributed by atoms with E-state index in [-0.39, 0.29) is 24.4 Å². The van der Waals surface area contributed by atoms with E-state index in [1.54, 1.807) is 0 Å². The Balaban J connectivity index is 2.46. The second-order valence-electron chi connectivity index (χ2n) is 4.63. The number of nitrogens with one attached hydrogen (secondary N) is 1. The number of hydrogen-bond acceptors (Lipinski definition) is 4. The van der Waals surface area contributed by atoms with Gasteiger partial charge in [0.1, 0.15) is 0 Å². The summed E-state index contributed by atoms with van der Waals surface area (Å²) in [6, 6.07) is 0.294. The maximum Gasteiger partial charge on any atom is 0.151 e. The first-order valence-electron chi connectivity index (χ1n) is 5.52. The minimum atomic E-state index is -2.81. The summed E-state index contributed by atoms with van der Waals surface area (Å²) in [6.45, 7) is 4.31. The molecule has 1 aliphatic rings. The Morgan fingerprint density at radius 2 is 2.13 bits per heavy atom. The first-order chi connectivity index (χ1) is 6.94. The van der Waals surface area contributed by atoms with Crippen molar-refractivity contribution in [3.05, 3.63) is 0 Å². The predicted octanol–water partition coefficient (Wildman–Crippen LogP) is 0.170. The molecular weight excluding hydrogens is 214 g/mol. The van der Waals surface area contributed by atoms with Crippen molar-refractivity contribution in [1.82, 2.24) is 5.32 Å². The van der Waals surface area contributed by atoms with E-state index >= 15 is 0 Å². The summed E-state index contributed by atoms with van der Waals surface area (Å²) >= 11 is 0. The van der Waals surface area contributed by atoms with Crippen LogP contribution in [0.1, 0.15) is 26.7 Å². The van der Waals surface area contributed by atoms with E-state index in [1.807, 2.05) is 0 Å². The first-order valence-corrected chi connectivity index (χ1v) is 7.34. The molecule has 1 saturated heterocycles. The van der Waals surface area contributed by atoms with Crippen molar-refractivity contribution in [1.29, 1.82) is 0 Å². The molecule has 15 heavy (non-hydrogen) atoms. The summed E-state index contributed by atoms with van der Waals surface area (Å²) in [5.74, 6) is 0.969. The van der Waals surface area contributed by atoms with E-state index in [2.05, 4.69) is 19.2 Å².